The molecular weight excluding hydrogens is 266 g/mol. The maximum absolute atomic E-state index is 12.3. The van der Waals surface area contributed by atoms with E-state index >= 15 is 0 Å². The lowest BCUT2D eigenvalue weighted by Crippen LogP contribution is -2.33. The molecule has 1 saturated heterocycles. The predicted molar refractivity (Wildman–Crippen MR) is 69.6 cm³/mol. The van der Waals surface area contributed by atoms with Gasteiger partial charge < -0.3 is 9.32 Å². The molecule has 1 fully saturated rings. The molecule has 1 atom stereocenters. The molecule has 0 aromatic carbocycles. The Labute approximate surface area is 115 Å². The Morgan fingerprint density at radius 3 is 3.16 bits per heavy atom. The van der Waals surface area contributed by atoms with Crippen molar-refractivity contribution in [2.24, 2.45) is 0 Å². The number of hydrogen-bond donors (Lipinski definition) is 0. The molecule has 5 nitrogen and oxygen atoms in total. The fraction of sp³-hybridized carbons (Fsp3) is 0.385. The van der Waals surface area contributed by atoms with Gasteiger partial charge in [0.05, 0.1) is 23.5 Å². The van der Waals surface area contributed by atoms with Crippen LogP contribution in [-0.2, 0) is 11.3 Å². The minimum atomic E-state index is 0.0404. The largest absolute Gasteiger partial charge is 0.467 e. The van der Waals surface area contributed by atoms with Gasteiger partial charge in [-0.1, -0.05) is 11.6 Å². The van der Waals surface area contributed by atoms with Crippen molar-refractivity contribution in [3.8, 4) is 0 Å². The molecule has 0 saturated carbocycles. The summed E-state index contributed by atoms with van der Waals surface area (Å²) in [4.78, 5) is 14.2. The average molecular weight is 280 g/mol. The summed E-state index contributed by atoms with van der Waals surface area (Å²) < 4.78 is 6.97. The number of aromatic nitrogens is 2. The Hall–Kier alpha value is -1.75. The van der Waals surface area contributed by atoms with Crippen molar-refractivity contribution in [3.63, 3.8) is 0 Å². The van der Waals surface area contributed by atoms with E-state index in [1.165, 1.54) is 6.20 Å². The highest BCUT2D eigenvalue weighted by Gasteiger charge is 2.31. The van der Waals surface area contributed by atoms with Crippen LogP contribution in [0.3, 0.4) is 0 Å². The normalized spacial score (nSPS) is 19.0. The van der Waals surface area contributed by atoms with Crippen molar-refractivity contribution < 1.29 is 9.21 Å². The van der Waals surface area contributed by atoms with E-state index in [9.17, 15) is 4.79 Å². The molecule has 0 N–H and O–H groups in total. The third-order valence-electron chi connectivity index (χ3n) is 3.34. The van der Waals surface area contributed by atoms with Crippen molar-refractivity contribution in [2.45, 2.75) is 25.4 Å². The summed E-state index contributed by atoms with van der Waals surface area (Å²) in [5.41, 5.74) is 0. The number of halogens is 1. The van der Waals surface area contributed by atoms with Gasteiger partial charge in [-0.25, -0.2) is 0 Å². The van der Waals surface area contributed by atoms with Crippen molar-refractivity contribution >= 4 is 17.5 Å². The Bertz CT molecular complexity index is 564. The fourth-order valence-electron chi connectivity index (χ4n) is 2.50. The molecule has 100 valence electrons. The smallest absolute Gasteiger partial charge is 0.244 e. The van der Waals surface area contributed by atoms with Crippen LogP contribution in [-0.4, -0.2) is 27.1 Å². The molecule has 19 heavy (non-hydrogen) atoms. The van der Waals surface area contributed by atoms with E-state index < -0.39 is 0 Å². The van der Waals surface area contributed by atoms with Gasteiger partial charge in [0, 0.05) is 12.7 Å². The zero-order valence-electron chi connectivity index (χ0n) is 10.3. The molecule has 3 rings (SSSR count). The van der Waals surface area contributed by atoms with Crippen molar-refractivity contribution in [2.75, 3.05) is 6.54 Å². The summed E-state index contributed by atoms with van der Waals surface area (Å²) in [6.07, 6.45) is 6.76. The maximum atomic E-state index is 12.3. The number of rotatable bonds is 3. The molecule has 1 aliphatic heterocycles. The van der Waals surface area contributed by atoms with Gasteiger partial charge in [0.25, 0.3) is 0 Å². The van der Waals surface area contributed by atoms with Crippen LogP contribution in [0.1, 0.15) is 24.6 Å². The van der Waals surface area contributed by atoms with Crippen LogP contribution < -0.4 is 0 Å². The van der Waals surface area contributed by atoms with Crippen LogP contribution in [0.2, 0.25) is 5.02 Å². The van der Waals surface area contributed by atoms with E-state index in [1.54, 1.807) is 17.1 Å². The second kappa shape index (κ2) is 5.09. The summed E-state index contributed by atoms with van der Waals surface area (Å²) in [5.74, 6) is 0.892. The van der Waals surface area contributed by atoms with Gasteiger partial charge in [-0.15, -0.1) is 0 Å². The van der Waals surface area contributed by atoms with E-state index in [2.05, 4.69) is 5.10 Å². The zero-order chi connectivity index (χ0) is 13.2. The lowest BCUT2D eigenvalue weighted by Gasteiger charge is -2.23. The van der Waals surface area contributed by atoms with Gasteiger partial charge in [-0.2, -0.15) is 5.10 Å². The Balaban J connectivity index is 1.72. The lowest BCUT2D eigenvalue weighted by molar-refractivity contribution is -0.133. The second-order valence-electron chi connectivity index (χ2n) is 4.62. The third-order valence-corrected chi connectivity index (χ3v) is 3.54. The number of nitrogens with zero attached hydrogens (tertiary/aromatic N) is 3. The minimum absolute atomic E-state index is 0.0404. The van der Waals surface area contributed by atoms with Gasteiger partial charge >= 0.3 is 0 Å². The molecule has 2 aromatic heterocycles. The topological polar surface area (TPSA) is 51.3 Å². The molecule has 1 amide bonds. The number of likely N-dealkylation sites (tertiary alicyclic amines) is 1. The fourth-order valence-corrected chi connectivity index (χ4v) is 2.65. The van der Waals surface area contributed by atoms with E-state index in [0.29, 0.717) is 5.02 Å². The van der Waals surface area contributed by atoms with E-state index in [1.807, 2.05) is 17.0 Å². The van der Waals surface area contributed by atoms with Crippen LogP contribution in [0.4, 0.5) is 0 Å². The summed E-state index contributed by atoms with van der Waals surface area (Å²) in [6, 6.07) is 3.82. The van der Waals surface area contributed by atoms with Crippen molar-refractivity contribution in [1.29, 1.82) is 0 Å². The average Bonchev–Trinajstić information content (AvgIpc) is 3.07. The van der Waals surface area contributed by atoms with Gasteiger partial charge in [0.15, 0.2) is 0 Å². The number of hydrogen-bond acceptors (Lipinski definition) is 3. The summed E-state index contributed by atoms with van der Waals surface area (Å²) in [6.45, 7) is 0.975. The van der Waals surface area contributed by atoms with E-state index in [0.717, 1.165) is 25.1 Å². The second-order valence-corrected chi connectivity index (χ2v) is 5.05. The number of carbonyl (C=O) groups is 1. The number of carbonyl (C=O) groups excluding carboxylic acids is 1. The molecule has 6 heteroatoms. The van der Waals surface area contributed by atoms with Crippen molar-refractivity contribution in [1.82, 2.24) is 14.7 Å². The molecule has 0 unspecified atom stereocenters. The summed E-state index contributed by atoms with van der Waals surface area (Å²) in [7, 11) is 0. The van der Waals surface area contributed by atoms with Crippen LogP contribution in [0.5, 0.6) is 0 Å². The van der Waals surface area contributed by atoms with Gasteiger partial charge in [0.2, 0.25) is 5.91 Å². The Kier molecular flexibility index (Phi) is 3.29. The first-order valence-electron chi connectivity index (χ1n) is 6.25. The molecule has 0 aliphatic carbocycles. The van der Waals surface area contributed by atoms with E-state index in [4.69, 9.17) is 16.0 Å². The lowest BCUT2D eigenvalue weighted by atomic mass is 10.1. The third kappa shape index (κ3) is 2.51. The highest BCUT2D eigenvalue weighted by Crippen LogP contribution is 2.32. The quantitative estimate of drug-likeness (QED) is 0.867. The van der Waals surface area contributed by atoms with E-state index in [-0.39, 0.29) is 18.5 Å². The highest BCUT2D eigenvalue weighted by molar-refractivity contribution is 6.30. The number of furan rings is 1. The van der Waals surface area contributed by atoms with Crippen LogP contribution >= 0.6 is 11.6 Å². The molecular formula is C13H14ClN3O2. The summed E-state index contributed by atoms with van der Waals surface area (Å²) >= 11 is 5.79. The Morgan fingerprint density at radius 2 is 2.47 bits per heavy atom. The van der Waals surface area contributed by atoms with Crippen molar-refractivity contribution in [3.05, 3.63) is 41.6 Å². The molecule has 0 spiro atoms. The minimum Gasteiger partial charge on any atom is -0.467 e. The molecule has 2 aromatic rings. The molecule has 3 heterocycles. The highest BCUT2D eigenvalue weighted by atomic mass is 35.5. The SMILES string of the molecule is O=C(Cn1cc(Cl)cn1)N1CCC[C@H]1c1ccco1. The molecule has 0 bridgehead atoms. The maximum Gasteiger partial charge on any atom is 0.244 e. The van der Waals surface area contributed by atoms with Crippen LogP contribution in [0.15, 0.2) is 35.2 Å². The van der Waals surface area contributed by atoms with Gasteiger partial charge in [-0.3, -0.25) is 9.48 Å². The first-order chi connectivity index (χ1) is 9.24. The first kappa shape index (κ1) is 12.3. The summed E-state index contributed by atoms with van der Waals surface area (Å²) in [5, 5.41) is 4.57. The molecule has 1 aliphatic rings. The standard InChI is InChI=1S/C13H14ClN3O2/c14-10-7-15-16(8-10)9-13(18)17-5-1-3-11(17)12-4-2-6-19-12/h2,4,6-8,11H,1,3,5,9H2/t11-/m0/s1. The zero-order valence-corrected chi connectivity index (χ0v) is 11.1. The van der Waals surface area contributed by atoms with Crippen LogP contribution in [0.25, 0.3) is 0 Å². The monoisotopic (exact) mass is 279 g/mol. The molecule has 0 radical (unpaired) electrons. The van der Waals surface area contributed by atoms with Gasteiger partial charge in [-0.05, 0) is 25.0 Å². The van der Waals surface area contributed by atoms with Gasteiger partial charge in [0.1, 0.15) is 12.3 Å². The Morgan fingerprint density at radius 1 is 1.58 bits per heavy atom. The van der Waals surface area contributed by atoms with Crippen LogP contribution in [0, 0.1) is 0 Å². The number of amides is 1. The first-order valence-corrected chi connectivity index (χ1v) is 6.62. The predicted octanol–water partition coefficient (Wildman–Crippen LogP) is 2.49.